The Labute approximate surface area is 303 Å². The first-order valence-electron chi connectivity index (χ1n) is 16.3. The van der Waals surface area contributed by atoms with Gasteiger partial charge in [0.2, 0.25) is 11.8 Å². The van der Waals surface area contributed by atoms with Gasteiger partial charge >= 0.3 is 5.97 Å². The molecule has 0 saturated carbocycles. The van der Waals surface area contributed by atoms with Crippen molar-refractivity contribution in [2.75, 3.05) is 20.2 Å². The minimum atomic E-state index is -1.10. The van der Waals surface area contributed by atoms with Crippen molar-refractivity contribution in [2.24, 2.45) is 7.05 Å². The minimum absolute atomic E-state index is 0.0268. The van der Waals surface area contributed by atoms with Crippen molar-refractivity contribution in [2.45, 2.75) is 44.5 Å². The maximum Gasteiger partial charge on any atom is 0.306 e. The number of benzene rings is 2. The van der Waals surface area contributed by atoms with Crippen LogP contribution >= 0.6 is 23.2 Å². The summed E-state index contributed by atoms with van der Waals surface area (Å²) in [6, 6.07) is 16.9. The number of fused-ring (bicyclic) bond motifs is 1. The number of carboxylic acid groups (broad SMARTS) is 1. The number of ether oxygens (including phenoxy) is 1. The molecule has 1 fully saturated rings. The third-order valence-corrected chi connectivity index (χ3v) is 9.62. The Hall–Kier alpha value is -4.79. The first-order valence-corrected chi connectivity index (χ1v) is 17.1. The van der Waals surface area contributed by atoms with E-state index in [0.717, 1.165) is 12.0 Å². The summed E-state index contributed by atoms with van der Waals surface area (Å²) < 4.78 is 8.52. The van der Waals surface area contributed by atoms with Gasteiger partial charge < -0.3 is 30.9 Å². The Morgan fingerprint density at radius 1 is 1.04 bits per heavy atom. The molecular formula is C36H37Cl2N7O6. The zero-order valence-corrected chi connectivity index (χ0v) is 29.5. The lowest BCUT2D eigenvalue weighted by atomic mass is 9.97. The quantitative estimate of drug-likeness (QED) is 0.112. The molecule has 51 heavy (non-hydrogen) atoms. The second kappa shape index (κ2) is 15.6. The number of aliphatic hydroxyl groups excluding tert-OH is 1. The fourth-order valence-corrected chi connectivity index (χ4v) is 6.80. The highest BCUT2D eigenvalue weighted by atomic mass is 35.5. The SMILES string of the molecule is COc1nc(-c2cccc(-c3cccc(-c4cc5c(=O)n(C)c(CNC[C@H](O)CC(=O)O)nn5c4)c3Cl)c2Cl)ccc1CNC[C@@H]1CCC(=O)N1. The van der Waals surface area contributed by atoms with E-state index in [1.165, 1.54) is 9.08 Å². The average molecular weight is 735 g/mol. The van der Waals surface area contributed by atoms with E-state index < -0.39 is 18.5 Å². The van der Waals surface area contributed by atoms with Crippen molar-refractivity contribution >= 4 is 40.6 Å². The predicted octanol–water partition coefficient (Wildman–Crippen LogP) is 4.04. The second-order valence-corrected chi connectivity index (χ2v) is 13.1. The van der Waals surface area contributed by atoms with Gasteiger partial charge in [-0.15, -0.1) is 0 Å². The second-order valence-electron chi connectivity index (χ2n) is 12.4. The van der Waals surface area contributed by atoms with E-state index in [-0.39, 0.29) is 30.6 Å². The normalized spacial score (nSPS) is 14.9. The van der Waals surface area contributed by atoms with Crippen LogP contribution in [0.25, 0.3) is 39.0 Å². The maximum atomic E-state index is 13.3. The summed E-state index contributed by atoms with van der Waals surface area (Å²) in [6.07, 6.45) is 1.62. The fraction of sp³-hybridized carbons (Fsp3) is 0.306. The highest BCUT2D eigenvalue weighted by Crippen LogP contribution is 2.42. The molecule has 0 bridgehead atoms. The molecule has 266 valence electrons. The third-order valence-electron chi connectivity index (χ3n) is 8.81. The lowest BCUT2D eigenvalue weighted by Crippen LogP contribution is -2.35. The van der Waals surface area contributed by atoms with Crippen LogP contribution in [0.1, 0.15) is 30.7 Å². The summed E-state index contributed by atoms with van der Waals surface area (Å²) in [7, 11) is 3.17. The number of nitrogens with one attached hydrogen (secondary N) is 3. The van der Waals surface area contributed by atoms with Crippen LogP contribution in [0.2, 0.25) is 10.0 Å². The molecule has 1 amide bonds. The summed E-state index contributed by atoms with van der Waals surface area (Å²) in [4.78, 5) is 40.4. The van der Waals surface area contributed by atoms with Crippen molar-refractivity contribution in [3.63, 3.8) is 0 Å². The van der Waals surface area contributed by atoms with Crippen LogP contribution in [-0.4, -0.2) is 73.6 Å². The molecule has 1 aliphatic heterocycles. The summed E-state index contributed by atoms with van der Waals surface area (Å²) in [5.41, 5.74) is 4.98. The van der Waals surface area contributed by atoms with Gasteiger partial charge in [-0.1, -0.05) is 65.7 Å². The Bertz CT molecular complexity index is 2170. The van der Waals surface area contributed by atoms with Gasteiger partial charge in [0, 0.05) is 78.7 Å². The van der Waals surface area contributed by atoms with E-state index in [1.807, 2.05) is 48.5 Å². The van der Waals surface area contributed by atoms with Gasteiger partial charge in [-0.3, -0.25) is 19.0 Å². The smallest absolute Gasteiger partial charge is 0.306 e. The predicted molar refractivity (Wildman–Crippen MR) is 194 cm³/mol. The van der Waals surface area contributed by atoms with Crippen LogP contribution in [0.3, 0.4) is 0 Å². The molecule has 15 heteroatoms. The standard InChI is InChI=1S/C36H37Cl2N7O6/c1-44-30(18-40-17-23(46)14-32(48)49)43-45-19-21(13-29(45)36(44)50)24-5-3-6-25(33(24)37)26-7-4-8-27(34(26)38)28-11-9-20(35(42-28)51-2)15-39-16-22-10-12-31(47)41-22/h3-9,11,13,19,22-23,39-40,46H,10,12,14-18H2,1-2H3,(H,41,47)(H,48,49)/t22-,23+/m0/s1. The van der Waals surface area contributed by atoms with Gasteiger partial charge in [0.1, 0.15) is 11.3 Å². The number of pyridine rings is 1. The molecule has 0 radical (unpaired) electrons. The average Bonchev–Trinajstić information content (AvgIpc) is 3.73. The van der Waals surface area contributed by atoms with Gasteiger partial charge in [-0.25, -0.2) is 9.50 Å². The summed E-state index contributed by atoms with van der Waals surface area (Å²) >= 11 is 14.1. The molecular weight excluding hydrogens is 697 g/mol. The summed E-state index contributed by atoms with van der Waals surface area (Å²) in [6.45, 7) is 1.34. The highest BCUT2D eigenvalue weighted by Gasteiger charge is 2.21. The number of rotatable bonds is 14. The van der Waals surface area contributed by atoms with Crippen molar-refractivity contribution in [3.05, 3.63) is 92.6 Å². The van der Waals surface area contributed by atoms with Gasteiger partial charge in [0.15, 0.2) is 0 Å². The zero-order valence-electron chi connectivity index (χ0n) is 28.0. The van der Waals surface area contributed by atoms with E-state index in [4.69, 9.17) is 38.0 Å². The first kappa shape index (κ1) is 36.0. The molecule has 3 aromatic heterocycles. The largest absolute Gasteiger partial charge is 0.481 e. The molecule has 2 atom stereocenters. The molecule has 5 N–H and O–H groups in total. The Balaban J connectivity index is 1.25. The monoisotopic (exact) mass is 733 g/mol. The molecule has 0 aliphatic carbocycles. The molecule has 4 heterocycles. The number of hydrogen-bond acceptors (Lipinski definition) is 9. The van der Waals surface area contributed by atoms with E-state index in [9.17, 15) is 19.5 Å². The zero-order chi connectivity index (χ0) is 36.2. The lowest BCUT2D eigenvalue weighted by molar-refractivity contribution is -0.139. The molecule has 13 nitrogen and oxygen atoms in total. The van der Waals surface area contributed by atoms with Crippen molar-refractivity contribution < 1.29 is 24.5 Å². The van der Waals surface area contributed by atoms with Crippen LogP contribution in [0, 0.1) is 0 Å². The number of aromatic nitrogens is 4. The number of carbonyl (C=O) groups is 2. The van der Waals surface area contributed by atoms with Gasteiger partial charge in [0.25, 0.3) is 5.56 Å². The van der Waals surface area contributed by atoms with Crippen LogP contribution in [0.4, 0.5) is 0 Å². The van der Waals surface area contributed by atoms with Crippen molar-refractivity contribution in [1.82, 2.24) is 35.1 Å². The number of carbonyl (C=O) groups excluding carboxylic acids is 1. The number of carboxylic acids is 1. The van der Waals surface area contributed by atoms with Crippen molar-refractivity contribution in [1.29, 1.82) is 0 Å². The lowest BCUT2D eigenvalue weighted by Gasteiger charge is -2.15. The number of aliphatic hydroxyl groups is 1. The van der Waals surface area contributed by atoms with Crippen LogP contribution in [-0.2, 0) is 29.7 Å². The molecule has 1 saturated heterocycles. The van der Waals surface area contributed by atoms with Gasteiger partial charge in [0.05, 0.1) is 41.9 Å². The fourth-order valence-electron chi connectivity index (χ4n) is 6.14. The molecule has 0 unspecified atom stereocenters. The molecule has 2 aromatic carbocycles. The highest BCUT2D eigenvalue weighted by molar-refractivity contribution is 6.39. The van der Waals surface area contributed by atoms with Crippen LogP contribution < -0.4 is 26.2 Å². The molecule has 6 rings (SSSR count). The molecule has 0 spiro atoms. The number of nitrogens with zero attached hydrogens (tertiary/aromatic N) is 4. The Morgan fingerprint density at radius 3 is 2.43 bits per heavy atom. The molecule has 1 aliphatic rings. The molecule has 5 aromatic rings. The Morgan fingerprint density at radius 2 is 1.75 bits per heavy atom. The minimum Gasteiger partial charge on any atom is -0.481 e. The first-order chi connectivity index (χ1) is 24.5. The van der Waals surface area contributed by atoms with E-state index >= 15 is 0 Å². The summed E-state index contributed by atoms with van der Waals surface area (Å²) in [5, 5.41) is 33.5. The number of methoxy groups -OCH3 is 1. The number of halogens is 2. The third kappa shape index (κ3) is 7.92. The van der Waals surface area contributed by atoms with Crippen LogP contribution in [0.15, 0.2) is 65.6 Å². The number of hydrogen-bond donors (Lipinski definition) is 5. The van der Waals surface area contributed by atoms with E-state index in [0.29, 0.717) is 80.3 Å². The maximum absolute atomic E-state index is 13.3. The number of amides is 1. The van der Waals surface area contributed by atoms with Crippen molar-refractivity contribution in [3.8, 4) is 39.4 Å². The van der Waals surface area contributed by atoms with Crippen LogP contribution in [0.5, 0.6) is 5.88 Å². The van der Waals surface area contributed by atoms with Gasteiger partial charge in [-0.05, 0) is 18.6 Å². The number of aliphatic carboxylic acids is 1. The van der Waals surface area contributed by atoms with E-state index in [1.54, 1.807) is 26.4 Å². The Kier molecular flexibility index (Phi) is 11.0. The summed E-state index contributed by atoms with van der Waals surface area (Å²) in [5.74, 6) is -0.160. The van der Waals surface area contributed by atoms with Gasteiger partial charge in [-0.2, -0.15) is 5.10 Å². The van der Waals surface area contributed by atoms with E-state index in [2.05, 4.69) is 21.0 Å². The topological polar surface area (TPSA) is 172 Å².